The van der Waals surface area contributed by atoms with Gasteiger partial charge in [-0.25, -0.2) is 0 Å². The molecule has 1 aliphatic heterocycles. The topological polar surface area (TPSA) is 60.7 Å². The van der Waals surface area contributed by atoms with Gasteiger partial charge in [0.25, 0.3) is 0 Å². The average molecular weight is 500 g/mol. The van der Waals surface area contributed by atoms with Gasteiger partial charge < -0.3 is 18.9 Å². The van der Waals surface area contributed by atoms with Crippen LogP contribution in [0.15, 0.2) is 78.1 Å². The number of rotatable bonds is 9. The van der Waals surface area contributed by atoms with Crippen molar-refractivity contribution in [2.45, 2.75) is 19.6 Å². The third kappa shape index (κ3) is 5.46. The monoisotopic (exact) mass is 499 g/mol. The van der Waals surface area contributed by atoms with Gasteiger partial charge in [-0.2, -0.15) is 5.26 Å². The van der Waals surface area contributed by atoms with Gasteiger partial charge in [0.15, 0.2) is 11.5 Å². The van der Waals surface area contributed by atoms with Gasteiger partial charge in [-0.1, -0.05) is 56.9 Å². The van der Waals surface area contributed by atoms with Crippen LogP contribution in [-0.2, 0) is 11.3 Å². The van der Waals surface area contributed by atoms with Crippen LogP contribution in [0.2, 0.25) is 0 Å². The second kappa shape index (κ2) is 11.9. The van der Waals surface area contributed by atoms with Gasteiger partial charge in [0.05, 0.1) is 39.6 Å². The molecule has 184 valence electrons. The van der Waals surface area contributed by atoms with Crippen LogP contribution in [0.4, 0.5) is 0 Å². The summed E-state index contributed by atoms with van der Waals surface area (Å²) < 4.78 is 23.1. The number of methoxy groups -OCH3 is 3. The van der Waals surface area contributed by atoms with Crippen molar-refractivity contribution in [1.29, 1.82) is 5.26 Å². The maximum Gasteiger partial charge on any atom is 0.203 e. The van der Waals surface area contributed by atoms with E-state index in [4.69, 9.17) is 18.9 Å². The van der Waals surface area contributed by atoms with E-state index in [1.165, 1.54) is 0 Å². The lowest BCUT2D eigenvalue weighted by Crippen LogP contribution is -2.09. The number of nitriles is 1. The SMILES string of the molecule is COc1cc(COC(C2=CPCC=C2)c2ccc(C#N)c(-c3ccccc3C)c2)cc(OC)c1OC. The molecule has 0 bridgehead atoms. The maximum absolute atomic E-state index is 9.81. The molecule has 3 aromatic carbocycles. The molecule has 0 amide bonds. The molecule has 3 aromatic rings. The number of aryl methyl sites for hydroxylation is 1. The quantitative estimate of drug-likeness (QED) is 0.298. The van der Waals surface area contributed by atoms with Crippen LogP contribution >= 0.6 is 8.58 Å². The van der Waals surface area contributed by atoms with E-state index in [1.807, 2.05) is 36.4 Å². The Bertz CT molecular complexity index is 1310. The first-order valence-electron chi connectivity index (χ1n) is 11.7. The molecule has 0 aliphatic carbocycles. The highest BCUT2D eigenvalue weighted by molar-refractivity contribution is 7.42. The van der Waals surface area contributed by atoms with Gasteiger partial charge in [-0.05, 0) is 65.2 Å². The third-order valence-corrected chi connectivity index (χ3v) is 7.17. The standard InChI is InChI=1S/C30H30NO4P/c1-20-8-5-6-10-25(20)26-16-22(11-12-23(26)17-31)29(24-9-7-13-36-19-24)35-18-21-14-27(32-2)30(34-4)28(15-21)33-3/h5-12,14-16,19,29,36H,13,18H2,1-4H3. The minimum atomic E-state index is -0.288. The van der Waals surface area contributed by atoms with Gasteiger partial charge in [-0.3, -0.25) is 0 Å². The highest BCUT2D eigenvalue weighted by atomic mass is 31.1. The van der Waals surface area contributed by atoms with E-state index < -0.39 is 0 Å². The summed E-state index contributed by atoms with van der Waals surface area (Å²) >= 11 is 0. The molecule has 36 heavy (non-hydrogen) atoms. The van der Waals surface area contributed by atoms with Gasteiger partial charge in [0, 0.05) is 5.56 Å². The van der Waals surface area contributed by atoms with Crippen LogP contribution in [0.25, 0.3) is 11.1 Å². The minimum Gasteiger partial charge on any atom is -0.493 e. The molecule has 1 aliphatic rings. The molecule has 2 atom stereocenters. The zero-order valence-corrected chi connectivity index (χ0v) is 22.0. The highest BCUT2D eigenvalue weighted by Crippen LogP contribution is 2.40. The first kappa shape index (κ1) is 25.5. The van der Waals surface area contributed by atoms with Crippen LogP contribution in [0, 0.1) is 18.3 Å². The molecule has 5 nitrogen and oxygen atoms in total. The highest BCUT2D eigenvalue weighted by Gasteiger charge is 2.21. The van der Waals surface area contributed by atoms with Gasteiger partial charge in [-0.15, -0.1) is 0 Å². The summed E-state index contributed by atoms with van der Waals surface area (Å²) in [5.74, 6) is 3.98. The van der Waals surface area contributed by atoms with Crippen LogP contribution in [0.1, 0.15) is 28.4 Å². The molecule has 0 saturated carbocycles. The molecule has 0 aromatic heterocycles. The van der Waals surface area contributed by atoms with Gasteiger partial charge in [0.1, 0.15) is 6.10 Å². The summed E-state index contributed by atoms with van der Waals surface area (Å²) in [6.45, 7) is 2.41. The number of ether oxygens (including phenoxy) is 4. The van der Waals surface area contributed by atoms with Crippen molar-refractivity contribution in [2.75, 3.05) is 27.5 Å². The van der Waals surface area contributed by atoms with Crippen molar-refractivity contribution < 1.29 is 18.9 Å². The van der Waals surface area contributed by atoms with Gasteiger partial charge >= 0.3 is 0 Å². The van der Waals surface area contributed by atoms with E-state index in [-0.39, 0.29) is 6.10 Å². The van der Waals surface area contributed by atoms with Crippen LogP contribution < -0.4 is 14.2 Å². The Morgan fingerprint density at radius 2 is 1.69 bits per heavy atom. The zero-order chi connectivity index (χ0) is 25.5. The predicted octanol–water partition coefficient (Wildman–Crippen LogP) is 6.95. The third-order valence-electron chi connectivity index (χ3n) is 6.16. The first-order valence-corrected chi connectivity index (χ1v) is 13.0. The summed E-state index contributed by atoms with van der Waals surface area (Å²) in [5.41, 5.74) is 6.76. The lowest BCUT2D eigenvalue weighted by atomic mass is 9.92. The number of hydrogen-bond donors (Lipinski definition) is 0. The van der Waals surface area contributed by atoms with E-state index in [0.717, 1.165) is 39.6 Å². The zero-order valence-electron chi connectivity index (χ0n) is 21.0. The van der Waals surface area contributed by atoms with E-state index in [2.05, 4.69) is 49.2 Å². The lowest BCUT2D eigenvalue weighted by Gasteiger charge is -2.23. The summed E-state index contributed by atoms with van der Waals surface area (Å²) in [4.78, 5) is 0. The molecule has 0 saturated heterocycles. The summed E-state index contributed by atoms with van der Waals surface area (Å²) in [6, 6.07) is 20.3. The maximum atomic E-state index is 9.81. The molecule has 0 N–H and O–H groups in total. The Morgan fingerprint density at radius 1 is 0.944 bits per heavy atom. The fourth-order valence-electron chi connectivity index (χ4n) is 4.35. The Morgan fingerprint density at radius 3 is 2.31 bits per heavy atom. The number of benzene rings is 3. The van der Waals surface area contributed by atoms with Crippen molar-refractivity contribution in [2.24, 2.45) is 0 Å². The van der Waals surface area contributed by atoms with Crippen molar-refractivity contribution in [3.05, 3.63) is 100 Å². The Hall–Kier alpha value is -3.58. The molecule has 0 spiro atoms. The fourth-order valence-corrected chi connectivity index (χ4v) is 5.21. The van der Waals surface area contributed by atoms with Gasteiger partial charge in [0.2, 0.25) is 5.75 Å². The number of hydrogen-bond acceptors (Lipinski definition) is 5. The summed E-state index contributed by atoms with van der Waals surface area (Å²) in [6.07, 6.45) is 5.09. The van der Waals surface area contributed by atoms with E-state index in [0.29, 0.717) is 38.0 Å². The largest absolute Gasteiger partial charge is 0.493 e. The first-order chi connectivity index (χ1) is 17.6. The van der Waals surface area contributed by atoms with Crippen molar-refractivity contribution in [3.63, 3.8) is 0 Å². The molecular weight excluding hydrogens is 469 g/mol. The lowest BCUT2D eigenvalue weighted by molar-refractivity contribution is 0.0661. The number of allylic oxidation sites excluding steroid dienone is 1. The van der Waals surface area contributed by atoms with E-state index in [9.17, 15) is 5.26 Å². The summed E-state index contributed by atoms with van der Waals surface area (Å²) in [5, 5.41) is 9.81. The molecule has 0 radical (unpaired) electrons. The smallest absolute Gasteiger partial charge is 0.203 e. The molecule has 6 heteroatoms. The summed E-state index contributed by atoms with van der Waals surface area (Å²) in [7, 11) is 5.51. The predicted molar refractivity (Wildman–Crippen MR) is 145 cm³/mol. The number of nitrogens with zero attached hydrogens (tertiary/aromatic N) is 1. The van der Waals surface area contributed by atoms with Crippen LogP contribution in [0.5, 0.6) is 17.2 Å². The molecule has 0 fully saturated rings. The van der Waals surface area contributed by atoms with Crippen LogP contribution in [-0.4, -0.2) is 27.5 Å². The second-order valence-corrected chi connectivity index (χ2v) is 9.52. The van der Waals surface area contributed by atoms with E-state index in [1.54, 1.807) is 21.3 Å². The normalized spacial score (nSPS) is 14.1. The second-order valence-electron chi connectivity index (χ2n) is 8.41. The Labute approximate surface area is 214 Å². The molecule has 2 unspecified atom stereocenters. The molecule has 1 heterocycles. The van der Waals surface area contributed by atoms with Crippen molar-refractivity contribution in [3.8, 4) is 34.4 Å². The van der Waals surface area contributed by atoms with Crippen LogP contribution in [0.3, 0.4) is 0 Å². The minimum absolute atomic E-state index is 0.288. The molecular formula is C30H30NO4P. The van der Waals surface area contributed by atoms with E-state index >= 15 is 0 Å². The Balaban J connectivity index is 1.73. The molecule has 4 rings (SSSR count). The van der Waals surface area contributed by atoms with Crippen molar-refractivity contribution in [1.82, 2.24) is 0 Å². The average Bonchev–Trinajstić information content (AvgIpc) is 2.93. The van der Waals surface area contributed by atoms with Crippen molar-refractivity contribution >= 4 is 8.58 Å². The Kier molecular flexibility index (Phi) is 8.44. The fraction of sp³-hybridized carbons (Fsp3) is 0.233.